The highest BCUT2D eigenvalue weighted by Crippen LogP contribution is 2.17. The minimum Gasteiger partial charge on any atom is -0.494 e. The Kier molecular flexibility index (Phi) is 3.25. The Hall–Kier alpha value is -2.56. The van der Waals surface area contributed by atoms with Crippen molar-refractivity contribution in [2.24, 2.45) is 0 Å². The molecular formula is C15H16N4O. The lowest BCUT2D eigenvalue weighted by Crippen LogP contribution is -1.93. The van der Waals surface area contributed by atoms with E-state index in [4.69, 9.17) is 10.5 Å². The van der Waals surface area contributed by atoms with Gasteiger partial charge in [-0.05, 0) is 30.7 Å². The number of aromatic amines is 1. The van der Waals surface area contributed by atoms with Gasteiger partial charge in [0.25, 0.3) is 0 Å². The van der Waals surface area contributed by atoms with Gasteiger partial charge in [-0.3, -0.25) is 0 Å². The van der Waals surface area contributed by atoms with Crippen LogP contribution in [0.4, 0.5) is 5.69 Å². The molecule has 5 heteroatoms. The normalized spacial score (nSPS) is 10.8. The fraction of sp³-hybridized carbons (Fsp3) is 0.200. The van der Waals surface area contributed by atoms with E-state index in [1.807, 2.05) is 37.3 Å². The average molecular weight is 268 g/mol. The maximum absolute atomic E-state index is 5.71. The van der Waals surface area contributed by atoms with Gasteiger partial charge in [-0.15, -0.1) is 0 Å². The van der Waals surface area contributed by atoms with Crippen molar-refractivity contribution in [2.45, 2.75) is 13.3 Å². The Morgan fingerprint density at radius 2 is 2.05 bits per heavy atom. The van der Waals surface area contributed by atoms with E-state index in [0.717, 1.165) is 23.5 Å². The number of nitrogens with two attached hydrogens (primary N) is 1. The average Bonchev–Trinajstić information content (AvgIpc) is 2.82. The molecule has 20 heavy (non-hydrogen) atoms. The minimum absolute atomic E-state index is 0.633. The van der Waals surface area contributed by atoms with Crippen molar-refractivity contribution >= 4 is 16.9 Å². The molecule has 0 spiro atoms. The summed E-state index contributed by atoms with van der Waals surface area (Å²) in [5, 5.41) is 0. The largest absolute Gasteiger partial charge is 0.494 e. The standard InChI is InChI=1S/C15H16N4O/c1-2-20-12-5-3-10(4-6-12)7-14-18-13-8-11(16)9-17-15(13)19-14/h3-6,8-9H,2,7,16H2,1H3,(H,17,18,19). The molecule has 2 heterocycles. The van der Waals surface area contributed by atoms with E-state index in [-0.39, 0.29) is 0 Å². The Bertz CT molecular complexity index is 718. The van der Waals surface area contributed by atoms with Gasteiger partial charge in [-0.25, -0.2) is 9.97 Å². The highest BCUT2D eigenvalue weighted by Gasteiger charge is 2.05. The number of pyridine rings is 1. The van der Waals surface area contributed by atoms with Crippen LogP contribution in [-0.2, 0) is 6.42 Å². The van der Waals surface area contributed by atoms with Crippen LogP contribution >= 0.6 is 0 Å². The van der Waals surface area contributed by atoms with Crippen LogP contribution < -0.4 is 10.5 Å². The molecule has 0 aliphatic heterocycles. The molecular weight excluding hydrogens is 252 g/mol. The Morgan fingerprint density at radius 1 is 1.25 bits per heavy atom. The molecule has 0 fully saturated rings. The van der Waals surface area contributed by atoms with Crippen molar-refractivity contribution in [3.05, 3.63) is 47.9 Å². The van der Waals surface area contributed by atoms with E-state index in [2.05, 4.69) is 15.0 Å². The smallest absolute Gasteiger partial charge is 0.177 e. The second-order valence-electron chi connectivity index (χ2n) is 4.58. The van der Waals surface area contributed by atoms with Crippen molar-refractivity contribution in [1.82, 2.24) is 15.0 Å². The van der Waals surface area contributed by atoms with Gasteiger partial charge in [0.1, 0.15) is 11.6 Å². The van der Waals surface area contributed by atoms with Gasteiger partial charge in [-0.2, -0.15) is 0 Å². The van der Waals surface area contributed by atoms with Gasteiger partial charge in [0.05, 0.1) is 24.0 Å². The van der Waals surface area contributed by atoms with Crippen LogP contribution in [0.5, 0.6) is 5.75 Å². The number of H-pyrrole nitrogens is 1. The summed E-state index contributed by atoms with van der Waals surface area (Å²) in [6.07, 6.45) is 2.34. The number of fused-ring (bicyclic) bond motifs is 1. The summed E-state index contributed by atoms with van der Waals surface area (Å²) in [7, 11) is 0. The maximum Gasteiger partial charge on any atom is 0.177 e. The van der Waals surface area contributed by atoms with Gasteiger partial charge in [-0.1, -0.05) is 12.1 Å². The molecule has 3 rings (SSSR count). The van der Waals surface area contributed by atoms with Gasteiger partial charge < -0.3 is 15.5 Å². The molecule has 3 aromatic rings. The van der Waals surface area contributed by atoms with E-state index < -0.39 is 0 Å². The van der Waals surface area contributed by atoms with Crippen LogP contribution in [0.25, 0.3) is 11.2 Å². The lowest BCUT2D eigenvalue weighted by Gasteiger charge is -2.03. The summed E-state index contributed by atoms with van der Waals surface area (Å²) in [5.41, 5.74) is 9.07. The lowest BCUT2D eigenvalue weighted by molar-refractivity contribution is 0.340. The number of anilines is 1. The second kappa shape index (κ2) is 5.21. The predicted octanol–water partition coefficient (Wildman–Crippen LogP) is 2.53. The molecule has 5 nitrogen and oxygen atoms in total. The first-order chi connectivity index (χ1) is 9.74. The summed E-state index contributed by atoms with van der Waals surface area (Å²) in [6.45, 7) is 2.65. The lowest BCUT2D eigenvalue weighted by atomic mass is 10.1. The third kappa shape index (κ3) is 2.56. The molecule has 0 amide bonds. The van der Waals surface area contributed by atoms with Crippen LogP contribution in [0.3, 0.4) is 0 Å². The molecule has 0 saturated carbocycles. The summed E-state index contributed by atoms with van der Waals surface area (Å²) in [5.74, 6) is 1.76. The number of rotatable bonds is 4. The first-order valence-corrected chi connectivity index (χ1v) is 6.56. The van der Waals surface area contributed by atoms with Gasteiger partial charge in [0.2, 0.25) is 0 Å². The number of hydrogen-bond acceptors (Lipinski definition) is 4. The molecule has 2 aromatic heterocycles. The van der Waals surface area contributed by atoms with Crippen LogP contribution in [0, 0.1) is 0 Å². The van der Waals surface area contributed by atoms with Crippen LogP contribution in [0.2, 0.25) is 0 Å². The molecule has 0 aliphatic carbocycles. The Balaban J connectivity index is 1.81. The predicted molar refractivity (Wildman–Crippen MR) is 78.7 cm³/mol. The van der Waals surface area contributed by atoms with E-state index in [0.29, 0.717) is 17.9 Å². The monoisotopic (exact) mass is 268 g/mol. The third-order valence-corrected chi connectivity index (χ3v) is 3.01. The van der Waals surface area contributed by atoms with Crippen molar-refractivity contribution in [3.63, 3.8) is 0 Å². The molecule has 0 aliphatic rings. The quantitative estimate of drug-likeness (QED) is 0.762. The van der Waals surface area contributed by atoms with Crippen molar-refractivity contribution < 1.29 is 4.74 Å². The van der Waals surface area contributed by atoms with Crippen LogP contribution in [-0.4, -0.2) is 21.6 Å². The molecule has 0 atom stereocenters. The summed E-state index contributed by atoms with van der Waals surface area (Å²) < 4.78 is 5.42. The number of aromatic nitrogens is 3. The van der Waals surface area contributed by atoms with E-state index in [1.165, 1.54) is 5.56 Å². The zero-order chi connectivity index (χ0) is 13.9. The topological polar surface area (TPSA) is 76.8 Å². The van der Waals surface area contributed by atoms with Gasteiger partial charge in [0, 0.05) is 6.42 Å². The number of nitrogens with one attached hydrogen (secondary N) is 1. The molecule has 0 radical (unpaired) electrons. The molecule has 1 aromatic carbocycles. The molecule has 3 N–H and O–H groups in total. The number of ether oxygens (including phenoxy) is 1. The first-order valence-electron chi connectivity index (χ1n) is 6.56. The molecule has 102 valence electrons. The van der Waals surface area contributed by atoms with Gasteiger partial charge >= 0.3 is 0 Å². The SMILES string of the molecule is CCOc1ccc(Cc2nc3ncc(N)cc3[nH]2)cc1. The fourth-order valence-electron chi connectivity index (χ4n) is 2.11. The van der Waals surface area contributed by atoms with Gasteiger partial charge in [0.15, 0.2) is 5.65 Å². The number of imidazole rings is 1. The number of nitrogen functional groups attached to an aromatic ring is 1. The Morgan fingerprint density at radius 3 is 2.80 bits per heavy atom. The Labute approximate surface area is 116 Å². The third-order valence-electron chi connectivity index (χ3n) is 3.01. The number of hydrogen-bond donors (Lipinski definition) is 2. The van der Waals surface area contributed by atoms with Crippen LogP contribution in [0.15, 0.2) is 36.5 Å². The van der Waals surface area contributed by atoms with Crippen molar-refractivity contribution in [1.29, 1.82) is 0 Å². The van der Waals surface area contributed by atoms with Crippen molar-refractivity contribution in [3.8, 4) is 5.75 Å². The van der Waals surface area contributed by atoms with E-state index in [9.17, 15) is 0 Å². The minimum atomic E-state index is 0.633. The molecule has 0 saturated heterocycles. The maximum atomic E-state index is 5.71. The van der Waals surface area contributed by atoms with Crippen LogP contribution in [0.1, 0.15) is 18.3 Å². The number of nitrogens with zero attached hydrogens (tertiary/aromatic N) is 2. The summed E-state index contributed by atoms with van der Waals surface area (Å²) in [4.78, 5) is 11.9. The second-order valence-corrected chi connectivity index (χ2v) is 4.58. The van der Waals surface area contributed by atoms with E-state index >= 15 is 0 Å². The number of benzene rings is 1. The highest BCUT2D eigenvalue weighted by atomic mass is 16.5. The zero-order valence-electron chi connectivity index (χ0n) is 11.3. The summed E-state index contributed by atoms with van der Waals surface area (Å²) >= 11 is 0. The zero-order valence-corrected chi connectivity index (χ0v) is 11.3. The fourth-order valence-corrected chi connectivity index (χ4v) is 2.11. The molecule has 0 unspecified atom stereocenters. The van der Waals surface area contributed by atoms with Crippen molar-refractivity contribution in [2.75, 3.05) is 12.3 Å². The highest BCUT2D eigenvalue weighted by molar-refractivity contribution is 5.74. The first kappa shape index (κ1) is 12.5. The van der Waals surface area contributed by atoms with E-state index in [1.54, 1.807) is 6.20 Å². The summed E-state index contributed by atoms with van der Waals surface area (Å²) in [6, 6.07) is 9.87. The molecule has 0 bridgehead atoms.